The van der Waals surface area contributed by atoms with E-state index in [0.29, 0.717) is 23.7 Å². The van der Waals surface area contributed by atoms with E-state index >= 15 is 0 Å². The lowest BCUT2D eigenvalue weighted by molar-refractivity contribution is 0.424. The second-order valence-corrected chi connectivity index (χ2v) is 4.51. The molecule has 0 amide bonds. The molecule has 1 heterocycles. The molecule has 0 N–H and O–H groups in total. The number of halogens is 1. The third kappa shape index (κ3) is 2.95. The van der Waals surface area contributed by atoms with Crippen LogP contribution >= 0.6 is 0 Å². The van der Waals surface area contributed by atoms with Crippen LogP contribution in [0.1, 0.15) is 17.0 Å². The molecule has 0 saturated heterocycles. The Labute approximate surface area is 120 Å². The van der Waals surface area contributed by atoms with Crippen LogP contribution in [0.5, 0.6) is 0 Å². The first-order valence-corrected chi connectivity index (χ1v) is 6.32. The van der Waals surface area contributed by atoms with Crippen molar-refractivity contribution in [3.05, 3.63) is 71.3 Å². The van der Waals surface area contributed by atoms with Gasteiger partial charge in [-0.3, -0.25) is 0 Å². The smallest absolute Gasteiger partial charge is 0.257 e. The van der Waals surface area contributed by atoms with Crippen molar-refractivity contribution in [1.29, 1.82) is 5.26 Å². The van der Waals surface area contributed by atoms with Crippen LogP contribution < -0.4 is 0 Å². The lowest BCUT2D eigenvalue weighted by Crippen LogP contribution is -1.91. The summed E-state index contributed by atoms with van der Waals surface area (Å²) in [4.78, 5) is 4.28. The predicted octanol–water partition coefficient (Wildman–Crippen LogP) is 3.34. The number of hydrogen-bond acceptors (Lipinski definition) is 4. The van der Waals surface area contributed by atoms with Crippen LogP contribution in [0.2, 0.25) is 0 Å². The quantitative estimate of drug-likeness (QED) is 0.737. The Morgan fingerprint density at radius 1 is 1.14 bits per heavy atom. The van der Waals surface area contributed by atoms with Gasteiger partial charge < -0.3 is 4.52 Å². The third-order valence-electron chi connectivity index (χ3n) is 2.98. The summed E-state index contributed by atoms with van der Waals surface area (Å²) in [5.74, 6) is 0.578. The monoisotopic (exact) mass is 279 g/mol. The van der Waals surface area contributed by atoms with Gasteiger partial charge in [0.2, 0.25) is 0 Å². The van der Waals surface area contributed by atoms with Gasteiger partial charge in [0.15, 0.2) is 5.82 Å². The zero-order valence-electron chi connectivity index (χ0n) is 11.0. The topological polar surface area (TPSA) is 62.7 Å². The summed E-state index contributed by atoms with van der Waals surface area (Å²) in [5.41, 5.74) is 2.09. The summed E-state index contributed by atoms with van der Waals surface area (Å²) < 4.78 is 18.3. The van der Waals surface area contributed by atoms with Gasteiger partial charge in [-0.05, 0) is 42.0 Å². The number of rotatable bonds is 3. The Morgan fingerprint density at radius 3 is 2.67 bits per heavy atom. The Hall–Kier alpha value is -3.00. The average molecular weight is 279 g/mol. The van der Waals surface area contributed by atoms with Crippen molar-refractivity contribution in [2.75, 3.05) is 0 Å². The molecule has 0 saturated carbocycles. The zero-order chi connectivity index (χ0) is 14.7. The van der Waals surface area contributed by atoms with Gasteiger partial charge >= 0.3 is 0 Å². The molecule has 0 aliphatic rings. The average Bonchev–Trinajstić information content (AvgIpc) is 2.96. The molecule has 0 fully saturated rings. The molecule has 3 aromatic rings. The van der Waals surface area contributed by atoms with Gasteiger partial charge in [0, 0.05) is 12.0 Å². The number of hydrogen-bond donors (Lipinski definition) is 0. The van der Waals surface area contributed by atoms with Crippen LogP contribution in [0.25, 0.3) is 11.5 Å². The van der Waals surface area contributed by atoms with E-state index in [1.54, 1.807) is 36.4 Å². The normalized spacial score (nSPS) is 10.3. The third-order valence-corrected chi connectivity index (χ3v) is 2.98. The summed E-state index contributed by atoms with van der Waals surface area (Å²) in [6.07, 6.45) is 0.400. The summed E-state index contributed by atoms with van der Waals surface area (Å²) >= 11 is 0. The summed E-state index contributed by atoms with van der Waals surface area (Å²) in [5, 5.41) is 12.6. The van der Waals surface area contributed by atoms with Crippen LogP contribution in [0, 0.1) is 17.1 Å². The minimum atomic E-state index is -0.289. The highest BCUT2D eigenvalue weighted by atomic mass is 19.1. The van der Waals surface area contributed by atoms with Crippen molar-refractivity contribution >= 4 is 0 Å². The fourth-order valence-corrected chi connectivity index (χ4v) is 1.96. The Morgan fingerprint density at radius 2 is 1.95 bits per heavy atom. The molecule has 0 radical (unpaired) electrons. The molecule has 5 heteroatoms. The molecule has 0 bridgehead atoms. The van der Waals surface area contributed by atoms with Crippen molar-refractivity contribution < 1.29 is 8.91 Å². The second-order valence-electron chi connectivity index (χ2n) is 4.51. The van der Waals surface area contributed by atoms with E-state index in [9.17, 15) is 4.39 Å². The first kappa shape index (κ1) is 13.0. The van der Waals surface area contributed by atoms with E-state index in [1.807, 2.05) is 6.07 Å². The zero-order valence-corrected chi connectivity index (χ0v) is 11.0. The molecule has 1 aromatic heterocycles. The molecule has 0 unspecified atom stereocenters. The molecule has 2 aromatic carbocycles. The summed E-state index contributed by atoms with van der Waals surface area (Å²) in [7, 11) is 0. The van der Waals surface area contributed by atoms with E-state index in [2.05, 4.69) is 10.1 Å². The predicted molar refractivity (Wildman–Crippen MR) is 73.7 cm³/mol. The Kier molecular flexibility index (Phi) is 3.44. The second kappa shape index (κ2) is 5.55. The molecular formula is C16H10FN3O. The fourth-order valence-electron chi connectivity index (χ4n) is 1.96. The van der Waals surface area contributed by atoms with Crippen molar-refractivity contribution in [2.24, 2.45) is 0 Å². The van der Waals surface area contributed by atoms with Gasteiger partial charge in [-0.25, -0.2) is 4.39 Å². The lowest BCUT2D eigenvalue weighted by atomic mass is 10.1. The van der Waals surface area contributed by atoms with E-state index in [4.69, 9.17) is 9.78 Å². The van der Waals surface area contributed by atoms with Gasteiger partial charge in [0.05, 0.1) is 11.6 Å². The minimum Gasteiger partial charge on any atom is -0.334 e. The largest absolute Gasteiger partial charge is 0.334 e. The van der Waals surface area contributed by atoms with Gasteiger partial charge in [0.1, 0.15) is 5.82 Å². The van der Waals surface area contributed by atoms with Gasteiger partial charge in [-0.1, -0.05) is 17.3 Å². The van der Waals surface area contributed by atoms with Crippen LogP contribution in [-0.2, 0) is 6.42 Å². The Balaban J connectivity index is 1.81. The molecule has 3 rings (SSSR count). The molecule has 21 heavy (non-hydrogen) atoms. The number of nitriles is 1. The highest BCUT2D eigenvalue weighted by molar-refractivity contribution is 5.54. The minimum absolute atomic E-state index is 0.289. The highest BCUT2D eigenvalue weighted by Gasteiger charge is 2.09. The number of aromatic nitrogens is 2. The van der Waals surface area contributed by atoms with Crippen LogP contribution in [0.3, 0.4) is 0 Å². The molecule has 0 aliphatic heterocycles. The first-order valence-electron chi connectivity index (χ1n) is 6.32. The molecule has 4 nitrogen and oxygen atoms in total. The van der Waals surface area contributed by atoms with Crippen molar-refractivity contribution in [3.63, 3.8) is 0 Å². The molecule has 102 valence electrons. The van der Waals surface area contributed by atoms with E-state index in [1.165, 1.54) is 12.1 Å². The molecule has 0 spiro atoms. The van der Waals surface area contributed by atoms with Crippen LogP contribution in [0.4, 0.5) is 4.39 Å². The number of nitrogens with zero attached hydrogens (tertiary/aromatic N) is 3. The van der Waals surface area contributed by atoms with Crippen LogP contribution in [0.15, 0.2) is 53.1 Å². The maximum atomic E-state index is 13.1. The van der Waals surface area contributed by atoms with Crippen molar-refractivity contribution in [1.82, 2.24) is 10.1 Å². The summed E-state index contributed by atoms with van der Waals surface area (Å²) in [6.45, 7) is 0. The number of benzene rings is 2. The van der Waals surface area contributed by atoms with E-state index < -0.39 is 0 Å². The highest BCUT2D eigenvalue weighted by Crippen LogP contribution is 2.18. The van der Waals surface area contributed by atoms with Gasteiger partial charge in [-0.15, -0.1) is 0 Å². The maximum Gasteiger partial charge on any atom is 0.257 e. The molecule has 0 atom stereocenters. The first-order chi connectivity index (χ1) is 10.2. The molecule has 0 aliphatic carbocycles. The molecular weight excluding hydrogens is 269 g/mol. The Bertz CT molecular complexity index is 803. The lowest BCUT2D eigenvalue weighted by Gasteiger charge is -1.96. The standard InChI is InChI=1S/C16H10FN3O/c17-14-3-1-2-12(8-14)9-15-19-16(21-20-15)13-6-4-11(10-18)5-7-13/h1-8H,9H2. The van der Waals surface area contributed by atoms with E-state index in [0.717, 1.165) is 11.1 Å². The summed E-state index contributed by atoms with van der Waals surface area (Å²) in [6, 6.07) is 15.2. The van der Waals surface area contributed by atoms with Crippen molar-refractivity contribution in [3.8, 4) is 17.5 Å². The van der Waals surface area contributed by atoms with Gasteiger partial charge in [0.25, 0.3) is 5.89 Å². The van der Waals surface area contributed by atoms with Crippen molar-refractivity contribution in [2.45, 2.75) is 6.42 Å². The maximum absolute atomic E-state index is 13.1. The fraction of sp³-hybridized carbons (Fsp3) is 0.0625. The van der Waals surface area contributed by atoms with Gasteiger partial charge in [-0.2, -0.15) is 10.2 Å². The van der Waals surface area contributed by atoms with Crippen LogP contribution in [-0.4, -0.2) is 10.1 Å². The SMILES string of the molecule is N#Cc1ccc(-c2nc(Cc3cccc(F)c3)no2)cc1. The van der Waals surface area contributed by atoms with E-state index in [-0.39, 0.29) is 5.82 Å².